The van der Waals surface area contributed by atoms with Crippen LogP contribution in [0, 0.1) is 0 Å². The van der Waals surface area contributed by atoms with Crippen molar-refractivity contribution in [2.24, 2.45) is 0 Å². The fraction of sp³-hybridized carbons (Fsp3) is 1.00. The second kappa shape index (κ2) is 3.67. The molecule has 0 radical (unpaired) electrons. The summed E-state index contributed by atoms with van der Waals surface area (Å²) in [6, 6.07) is 0. The minimum Gasteiger partial charge on any atom is -0.395 e. The van der Waals surface area contributed by atoms with Crippen LogP contribution in [0.1, 0.15) is 0 Å². The highest BCUT2D eigenvalue weighted by molar-refractivity contribution is 6.69. The van der Waals surface area contributed by atoms with Crippen molar-refractivity contribution in [1.82, 2.24) is 0 Å². The summed E-state index contributed by atoms with van der Waals surface area (Å²) in [5.74, 6) is 0. The fourth-order valence-electron chi connectivity index (χ4n) is 0.562. The summed E-state index contributed by atoms with van der Waals surface area (Å²) < 4.78 is 15.7. The van der Waals surface area contributed by atoms with Crippen LogP contribution in [0.2, 0.25) is 19.6 Å². The molecular formula is C7H16O3Si. The van der Waals surface area contributed by atoms with Gasteiger partial charge in [-0.3, -0.25) is 0 Å². The van der Waals surface area contributed by atoms with Crippen LogP contribution in [0.25, 0.3) is 0 Å². The predicted octanol–water partition coefficient (Wildman–Crippen LogP) is 1.21. The van der Waals surface area contributed by atoms with Crippen molar-refractivity contribution < 1.29 is 13.9 Å². The van der Waals surface area contributed by atoms with Crippen molar-refractivity contribution in [1.29, 1.82) is 0 Å². The normalized spacial score (nSPS) is 23.7. The van der Waals surface area contributed by atoms with Gasteiger partial charge in [-0.05, 0) is 19.6 Å². The van der Waals surface area contributed by atoms with E-state index in [0.29, 0.717) is 19.5 Å². The summed E-state index contributed by atoms with van der Waals surface area (Å²) in [4.78, 5) is 0. The van der Waals surface area contributed by atoms with E-state index in [0.717, 1.165) is 6.61 Å². The number of hydrogen-bond acceptors (Lipinski definition) is 3. The highest BCUT2D eigenvalue weighted by Gasteiger charge is 2.22. The van der Waals surface area contributed by atoms with Gasteiger partial charge in [0.2, 0.25) is 0 Å². The van der Waals surface area contributed by atoms with Crippen LogP contribution in [-0.2, 0) is 13.9 Å². The Hall–Kier alpha value is 0.0969. The summed E-state index contributed by atoms with van der Waals surface area (Å²) >= 11 is 0. The largest absolute Gasteiger partial charge is 0.395 e. The smallest absolute Gasteiger partial charge is 0.186 e. The molecule has 1 unspecified atom stereocenters. The Labute approximate surface area is 68.8 Å². The van der Waals surface area contributed by atoms with Crippen molar-refractivity contribution in [2.45, 2.75) is 25.7 Å². The van der Waals surface area contributed by atoms with Gasteiger partial charge in [0.05, 0.1) is 13.2 Å². The molecule has 1 heterocycles. The standard InChI is InChI=1S/C7H16O3Si/c1-11(2,3)10-6-8-4-7-5-9-7/h7H,4-6H2,1-3H3. The maximum Gasteiger partial charge on any atom is 0.186 e. The van der Waals surface area contributed by atoms with E-state index in [4.69, 9.17) is 13.9 Å². The third-order valence-corrected chi connectivity index (χ3v) is 2.27. The third kappa shape index (κ3) is 5.38. The maximum atomic E-state index is 5.47. The quantitative estimate of drug-likeness (QED) is 0.273. The SMILES string of the molecule is C[Si](C)(C)OCOCC1CO1. The Kier molecular flexibility index (Phi) is 3.06. The lowest BCUT2D eigenvalue weighted by Gasteiger charge is -2.16. The maximum absolute atomic E-state index is 5.47. The molecule has 0 aromatic carbocycles. The van der Waals surface area contributed by atoms with Crippen LogP contribution in [0.3, 0.4) is 0 Å². The lowest BCUT2D eigenvalue weighted by atomic mass is 10.5. The molecule has 0 saturated carbocycles. The van der Waals surface area contributed by atoms with Gasteiger partial charge < -0.3 is 13.9 Å². The van der Waals surface area contributed by atoms with E-state index in [9.17, 15) is 0 Å². The molecule has 0 N–H and O–H groups in total. The Morgan fingerprint density at radius 3 is 2.55 bits per heavy atom. The van der Waals surface area contributed by atoms with Gasteiger partial charge in [0.1, 0.15) is 12.9 Å². The summed E-state index contributed by atoms with van der Waals surface area (Å²) in [5.41, 5.74) is 0. The molecule has 1 atom stereocenters. The minimum absolute atomic E-state index is 0.347. The Morgan fingerprint density at radius 2 is 2.09 bits per heavy atom. The van der Waals surface area contributed by atoms with Crippen LogP contribution >= 0.6 is 0 Å². The van der Waals surface area contributed by atoms with Gasteiger partial charge in [-0.2, -0.15) is 0 Å². The summed E-state index contributed by atoms with van der Waals surface area (Å²) in [6.45, 7) is 8.39. The molecule has 1 rings (SSSR count). The highest BCUT2D eigenvalue weighted by atomic mass is 28.4. The topological polar surface area (TPSA) is 31.0 Å². The van der Waals surface area contributed by atoms with Crippen LogP contribution < -0.4 is 0 Å². The van der Waals surface area contributed by atoms with Gasteiger partial charge in [0.25, 0.3) is 0 Å². The molecular weight excluding hydrogens is 160 g/mol. The molecule has 1 aliphatic rings. The third-order valence-electron chi connectivity index (χ3n) is 1.28. The molecule has 1 fully saturated rings. The zero-order chi connectivity index (χ0) is 8.32. The first-order valence-corrected chi connectivity index (χ1v) is 7.32. The van der Waals surface area contributed by atoms with Crippen LogP contribution in [0.4, 0.5) is 0 Å². The van der Waals surface area contributed by atoms with E-state index in [-0.39, 0.29) is 0 Å². The minimum atomic E-state index is -1.37. The van der Waals surface area contributed by atoms with Crippen LogP contribution in [-0.4, -0.2) is 34.4 Å². The van der Waals surface area contributed by atoms with E-state index < -0.39 is 8.32 Å². The van der Waals surface area contributed by atoms with E-state index in [1.165, 1.54) is 0 Å². The fourth-order valence-corrected chi connectivity index (χ4v) is 0.999. The number of rotatable bonds is 5. The second-order valence-electron chi connectivity index (χ2n) is 3.70. The van der Waals surface area contributed by atoms with Crippen LogP contribution in [0.15, 0.2) is 0 Å². The molecule has 4 heteroatoms. The molecule has 0 amide bonds. The second-order valence-corrected chi connectivity index (χ2v) is 8.21. The van der Waals surface area contributed by atoms with E-state index in [2.05, 4.69) is 19.6 Å². The first-order chi connectivity index (χ1) is 5.08. The van der Waals surface area contributed by atoms with Gasteiger partial charge in [-0.15, -0.1) is 0 Å². The Bertz CT molecular complexity index is 117. The van der Waals surface area contributed by atoms with Gasteiger partial charge in [0, 0.05) is 0 Å². The average molecular weight is 176 g/mol. The Morgan fingerprint density at radius 1 is 1.45 bits per heavy atom. The first kappa shape index (κ1) is 9.19. The monoisotopic (exact) mass is 176 g/mol. The van der Waals surface area contributed by atoms with Crippen molar-refractivity contribution in [3.05, 3.63) is 0 Å². The van der Waals surface area contributed by atoms with Crippen LogP contribution in [0.5, 0.6) is 0 Å². The molecule has 0 spiro atoms. The summed E-state index contributed by atoms with van der Waals surface area (Å²) in [5, 5.41) is 0. The summed E-state index contributed by atoms with van der Waals surface area (Å²) in [6.07, 6.45) is 0.347. The summed E-state index contributed by atoms with van der Waals surface area (Å²) in [7, 11) is -1.37. The molecule has 1 aliphatic heterocycles. The van der Waals surface area contributed by atoms with Gasteiger partial charge >= 0.3 is 0 Å². The van der Waals surface area contributed by atoms with E-state index >= 15 is 0 Å². The molecule has 1 saturated heterocycles. The zero-order valence-corrected chi connectivity index (χ0v) is 8.42. The number of hydrogen-bond donors (Lipinski definition) is 0. The molecule has 66 valence electrons. The molecule has 0 aromatic rings. The molecule has 0 bridgehead atoms. The van der Waals surface area contributed by atoms with Gasteiger partial charge in [-0.25, -0.2) is 0 Å². The Balaban J connectivity index is 1.87. The van der Waals surface area contributed by atoms with Crippen molar-refractivity contribution in [2.75, 3.05) is 20.0 Å². The van der Waals surface area contributed by atoms with E-state index in [1.807, 2.05) is 0 Å². The first-order valence-electron chi connectivity index (χ1n) is 3.91. The molecule has 3 nitrogen and oxygen atoms in total. The zero-order valence-electron chi connectivity index (χ0n) is 7.42. The van der Waals surface area contributed by atoms with Crippen molar-refractivity contribution in [3.63, 3.8) is 0 Å². The molecule has 0 aliphatic carbocycles. The predicted molar refractivity (Wildman–Crippen MR) is 45.0 cm³/mol. The van der Waals surface area contributed by atoms with Gasteiger partial charge in [0.15, 0.2) is 8.32 Å². The van der Waals surface area contributed by atoms with E-state index in [1.54, 1.807) is 0 Å². The van der Waals surface area contributed by atoms with Gasteiger partial charge in [-0.1, -0.05) is 0 Å². The molecule has 11 heavy (non-hydrogen) atoms. The van der Waals surface area contributed by atoms with Crippen molar-refractivity contribution in [3.8, 4) is 0 Å². The lowest BCUT2D eigenvalue weighted by molar-refractivity contribution is 0.00367. The molecule has 0 aromatic heterocycles. The number of epoxide rings is 1. The number of ether oxygens (including phenoxy) is 2. The average Bonchev–Trinajstić information content (AvgIpc) is 2.60. The van der Waals surface area contributed by atoms with Crippen molar-refractivity contribution >= 4 is 8.32 Å². The lowest BCUT2D eigenvalue weighted by Crippen LogP contribution is -2.27. The highest BCUT2D eigenvalue weighted by Crippen LogP contribution is 2.09.